The fourth-order valence-corrected chi connectivity index (χ4v) is 2.49. The highest BCUT2D eigenvalue weighted by Crippen LogP contribution is 2.30. The number of para-hydroxylation sites is 3. The zero-order valence-electron chi connectivity index (χ0n) is 13.0. The van der Waals surface area contributed by atoms with Gasteiger partial charge in [-0.15, -0.1) is 0 Å². The number of fused-ring (bicyclic) bond motifs is 1. The lowest BCUT2D eigenvalue weighted by Crippen LogP contribution is -2.44. The Labute approximate surface area is 135 Å². The van der Waals surface area contributed by atoms with Gasteiger partial charge < -0.3 is 19.5 Å². The molecule has 2 aromatic carbocycles. The van der Waals surface area contributed by atoms with Gasteiger partial charge in [-0.1, -0.05) is 30.3 Å². The summed E-state index contributed by atoms with van der Waals surface area (Å²) in [6.45, 7) is 0.734. The predicted octanol–water partition coefficient (Wildman–Crippen LogP) is 2.19. The average molecular weight is 313 g/mol. The number of methoxy groups -OCH3 is 1. The van der Waals surface area contributed by atoms with Gasteiger partial charge in [-0.2, -0.15) is 0 Å². The van der Waals surface area contributed by atoms with E-state index in [9.17, 15) is 4.79 Å². The number of nitrogens with one attached hydrogen (secondary N) is 1. The van der Waals surface area contributed by atoms with Crippen LogP contribution in [0.1, 0.15) is 5.56 Å². The largest absolute Gasteiger partial charge is 0.496 e. The third kappa shape index (κ3) is 3.56. The van der Waals surface area contributed by atoms with Crippen LogP contribution in [0.25, 0.3) is 0 Å². The molecule has 5 heteroatoms. The molecular weight excluding hydrogens is 294 g/mol. The van der Waals surface area contributed by atoms with Crippen LogP contribution >= 0.6 is 0 Å². The maximum absolute atomic E-state index is 12.2. The van der Waals surface area contributed by atoms with Crippen molar-refractivity contribution in [3.63, 3.8) is 0 Å². The molecule has 0 unspecified atom stereocenters. The van der Waals surface area contributed by atoms with Crippen molar-refractivity contribution >= 4 is 5.91 Å². The summed E-state index contributed by atoms with van der Waals surface area (Å²) in [5.74, 6) is 1.93. The van der Waals surface area contributed by atoms with E-state index in [4.69, 9.17) is 14.2 Å². The van der Waals surface area contributed by atoms with Gasteiger partial charge in [0, 0.05) is 6.54 Å². The minimum Gasteiger partial charge on any atom is -0.496 e. The van der Waals surface area contributed by atoms with Gasteiger partial charge in [-0.05, 0) is 30.2 Å². The fourth-order valence-electron chi connectivity index (χ4n) is 2.49. The molecule has 0 spiro atoms. The fraction of sp³-hybridized carbons (Fsp3) is 0.278. The molecule has 1 amide bonds. The van der Waals surface area contributed by atoms with Crippen molar-refractivity contribution < 1.29 is 19.0 Å². The lowest BCUT2D eigenvalue weighted by molar-refractivity contribution is -0.130. The van der Waals surface area contributed by atoms with Gasteiger partial charge in [0.1, 0.15) is 12.4 Å². The van der Waals surface area contributed by atoms with E-state index in [2.05, 4.69) is 5.32 Å². The number of amides is 1. The van der Waals surface area contributed by atoms with E-state index in [1.165, 1.54) is 0 Å². The summed E-state index contributed by atoms with van der Waals surface area (Å²) in [5, 5.41) is 2.88. The summed E-state index contributed by atoms with van der Waals surface area (Å²) in [6, 6.07) is 15.1. The van der Waals surface area contributed by atoms with Crippen molar-refractivity contribution in [3.8, 4) is 17.2 Å². The third-order valence-corrected chi connectivity index (χ3v) is 3.69. The summed E-state index contributed by atoms with van der Waals surface area (Å²) < 4.78 is 16.5. The van der Waals surface area contributed by atoms with E-state index in [1.807, 2.05) is 42.5 Å². The molecular formula is C18H19NO4. The summed E-state index contributed by atoms with van der Waals surface area (Å²) in [4.78, 5) is 12.2. The quantitative estimate of drug-likeness (QED) is 0.919. The maximum atomic E-state index is 12.2. The van der Waals surface area contributed by atoms with Gasteiger partial charge in [-0.3, -0.25) is 4.79 Å². The Balaban J connectivity index is 1.52. The SMILES string of the molecule is COc1ccccc1CCNC(=O)[C@H]1COc2ccccc2O1. The minimum atomic E-state index is -0.623. The Morgan fingerprint density at radius 2 is 1.91 bits per heavy atom. The van der Waals surface area contributed by atoms with Crippen LogP contribution in [-0.2, 0) is 11.2 Å². The Kier molecular flexibility index (Phi) is 4.66. The molecule has 2 aromatic rings. The lowest BCUT2D eigenvalue weighted by atomic mass is 10.1. The number of benzene rings is 2. The van der Waals surface area contributed by atoms with Crippen molar-refractivity contribution in [1.29, 1.82) is 0 Å². The Hall–Kier alpha value is -2.69. The minimum absolute atomic E-state index is 0.172. The number of ether oxygens (including phenoxy) is 3. The Bertz CT molecular complexity index is 686. The van der Waals surface area contributed by atoms with Crippen LogP contribution in [0.15, 0.2) is 48.5 Å². The molecule has 0 saturated heterocycles. The second-order valence-electron chi connectivity index (χ2n) is 5.22. The summed E-state index contributed by atoms with van der Waals surface area (Å²) >= 11 is 0. The van der Waals surface area contributed by atoms with Gasteiger partial charge >= 0.3 is 0 Å². The van der Waals surface area contributed by atoms with Gasteiger partial charge in [-0.25, -0.2) is 0 Å². The van der Waals surface area contributed by atoms with Crippen LogP contribution in [0.4, 0.5) is 0 Å². The second kappa shape index (κ2) is 7.05. The molecule has 1 atom stereocenters. The highest BCUT2D eigenvalue weighted by Gasteiger charge is 2.26. The van der Waals surface area contributed by atoms with Crippen molar-refractivity contribution in [2.24, 2.45) is 0 Å². The molecule has 0 radical (unpaired) electrons. The van der Waals surface area contributed by atoms with Crippen LogP contribution in [0.5, 0.6) is 17.2 Å². The van der Waals surface area contributed by atoms with E-state index >= 15 is 0 Å². The molecule has 1 aliphatic rings. The smallest absolute Gasteiger partial charge is 0.264 e. The molecule has 0 fully saturated rings. The Morgan fingerprint density at radius 3 is 2.74 bits per heavy atom. The van der Waals surface area contributed by atoms with Gasteiger partial charge in [0.2, 0.25) is 6.10 Å². The molecule has 0 saturated carbocycles. The van der Waals surface area contributed by atoms with Crippen molar-refractivity contribution in [2.45, 2.75) is 12.5 Å². The first kappa shape index (κ1) is 15.2. The van der Waals surface area contributed by atoms with Crippen LogP contribution < -0.4 is 19.5 Å². The van der Waals surface area contributed by atoms with Crippen LogP contribution in [0.2, 0.25) is 0 Å². The summed E-state index contributed by atoms with van der Waals surface area (Å²) in [6.07, 6.45) is 0.0717. The van der Waals surface area contributed by atoms with Gasteiger partial charge in [0.25, 0.3) is 5.91 Å². The Morgan fingerprint density at radius 1 is 1.17 bits per heavy atom. The molecule has 1 heterocycles. The number of carbonyl (C=O) groups is 1. The summed E-state index contributed by atoms with van der Waals surface area (Å²) in [7, 11) is 1.64. The zero-order chi connectivity index (χ0) is 16.1. The van der Waals surface area contributed by atoms with Crippen molar-refractivity contribution in [3.05, 3.63) is 54.1 Å². The van der Waals surface area contributed by atoms with Crippen LogP contribution in [-0.4, -0.2) is 32.3 Å². The molecule has 3 rings (SSSR count). The van der Waals surface area contributed by atoms with Gasteiger partial charge in [0.15, 0.2) is 11.5 Å². The molecule has 1 aliphatic heterocycles. The zero-order valence-corrected chi connectivity index (χ0v) is 13.0. The topological polar surface area (TPSA) is 56.8 Å². The van der Waals surface area contributed by atoms with E-state index in [0.29, 0.717) is 24.5 Å². The molecule has 120 valence electrons. The van der Waals surface area contributed by atoms with E-state index in [0.717, 1.165) is 11.3 Å². The van der Waals surface area contributed by atoms with E-state index in [1.54, 1.807) is 13.2 Å². The number of hydrogen-bond donors (Lipinski definition) is 1. The molecule has 5 nitrogen and oxygen atoms in total. The van der Waals surface area contributed by atoms with E-state index in [-0.39, 0.29) is 12.5 Å². The molecule has 0 aromatic heterocycles. The maximum Gasteiger partial charge on any atom is 0.264 e. The predicted molar refractivity (Wildman–Crippen MR) is 86.1 cm³/mol. The number of carbonyl (C=O) groups excluding carboxylic acids is 1. The monoisotopic (exact) mass is 313 g/mol. The molecule has 0 aliphatic carbocycles. The molecule has 1 N–H and O–H groups in total. The van der Waals surface area contributed by atoms with Crippen LogP contribution in [0.3, 0.4) is 0 Å². The lowest BCUT2D eigenvalue weighted by Gasteiger charge is -2.25. The normalized spacial score (nSPS) is 15.8. The first-order chi connectivity index (χ1) is 11.3. The number of rotatable bonds is 5. The first-order valence-electron chi connectivity index (χ1n) is 7.56. The van der Waals surface area contributed by atoms with Crippen LogP contribution in [0, 0.1) is 0 Å². The number of hydrogen-bond acceptors (Lipinski definition) is 4. The third-order valence-electron chi connectivity index (χ3n) is 3.69. The van der Waals surface area contributed by atoms with Crippen molar-refractivity contribution in [2.75, 3.05) is 20.3 Å². The second-order valence-corrected chi connectivity index (χ2v) is 5.22. The summed E-state index contributed by atoms with van der Waals surface area (Å²) in [5.41, 5.74) is 1.06. The van der Waals surface area contributed by atoms with Gasteiger partial charge in [0.05, 0.1) is 7.11 Å². The average Bonchev–Trinajstić information content (AvgIpc) is 2.61. The van der Waals surface area contributed by atoms with Crippen molar-refractivity contribution in [1.82, 2.24) is 5.32 Å². The standard InChI is InChI=1S/C18H19NO4/c1-21-14-7-3-2-6-13(14)10-11-19-18(20)17-12-22-15-8-4-5-9-16(15)23-17/h2-9,17H,10-12H2,1H3,(H,19,20)/t17-/m1/s1. The van der Waals surface area contributed by atoms with E-state index < -0.39 is 6.10 Å². The highest BCUT2D eigenvalue weighted by atomic mass is 16.6. The molecule has 0 bridgehead atoms. The molecule has 23 heavy (non-hydrogen) atoms. The highest BCUT2D eigenvalue weighted by molar-refractivity contribution is 5.81. The first-order valence-corrected chi connectivity index (χ1v) is 7.56.